The molecule has 3 N–H and O–H groups in total. The lowest BCUT2D eigenvalue weighted by atomic mass is 9.72. The Morgan fingerprint density at radius 1 is 1.19 bits per heavy atom. The fourth-order valence-corrected chi connectivity index (χ4v) is 4.13. The molecule has 1 aliphatic rings. The van der Waals surface area contributed by atoms with Crippen LogP contribution in [0.5, 0.6) is 0 Å². The van der Waals surface area contributed by atoms with E-state index in [1.807, 2.05) is 13.0 Å². The summed E-state index contributed by atoms with van der Waals surface area (Å²) in [5, 5.41) is 11.0. The number of nitrogens with one attached hydrogen (secondary N) is 1. The van der Waals surface area contributed by atoms with Crippen LogP contribution in [0.2, 0.25) is 0 Å². The number of carbonyl (C=O) groups is 2. The number of allylic oxidation sites excluding steroid dienone is 9. The van der Waals surface area contributed by atoms with Crippen molar-refractivity contribution in [2.24, 2.45) is 5.41 Å². The van der Waals surface area contributed by atoms with Crippen LogP contribution in [-0.4, -0.2) is 41.7 Å². The van der Waals surface area contributed by atoms with Gasteiger partial charge in [0.25, 0.3) is 10.1 Å². The Morgan fingerprint density at radius 3 is 2.39 bits per heavy atom. The third-order valence-electron chi connectivity index (χ3n) is 5.12. The molecule has 0 bridgehead atoms. The number of hydrogen-bond acceptors (Lipinski definition) is 4. The molecule has 1 amide bonds. The molecule has 172 valence electrons. The number of carbonyl (C=O) groups excluding carboxylic acids is 1. The Kier molecular flexibility index (Phi) is 9.65. The predicted molar refractivity (Wildman–Crippen MR) is 122 cm³/mol. The van der Waals surface area contributed by atoms with Gasteiger partial charge in [0.2, 0.25) is 5.91 Å². The van der Waals surface area contributed by atoms with E-state index in [4.69, 9.17) is 9.66 Å². The highest BCUT2D eigenvalue weighted by Gasteiger charge is 2.26. The average molecular weight is 452 g/mol. The molecule has 0 saturated carbocycles. The second-order valence-electron chi connectivity index (χ2n) is 8.57. The van der Waals surface area contributed by atoms with Gasteiger partial charge in [-0.05, 0) is 56.6 Å². The van der Waals surface area contributed by atoms with E-state index in [9.17, 15) is 18.0 Å². The zero-order chi connectivity index (χ0) is 23.8. The lowest BCUT2D eigenvalue weighted by molar-refractivity contribution is -0.140. The third kappa shape index (κ3) is 9.93. The second-order valence-corrected chi connectivity index (χ2v) is 10.1. The molecular weight excluding hydrogens is 418 g/mol. The smallest absolute Gasteiger partial charge is 0.327 e. The van der Waals surface area contributed by atoms with E-state index in [2.05, 4.69) is 38.2 Å². The van der Waals surface area contributed by atoms with Crippen LogP contribution in [0.3, 0.4) is 0 Å². The van der Waals surface area contributed by atoms with Crippen molar-refractivity contribution in [1.82, 2.24) is 5.32 Å². The third-order valence-corrected chi connectivity index (χ3v) is 5.88. The van der Waals surface area contributed by atoms with Gasteiger partial charge in [-0.3, -0.25) is 9.35 Å². The van der Waals surface area contributed by atoms with E-state index < -0.39 is 33.8 Å². The summed E-state index contributed by atoms with van der Waals surface area (Å²) in [4.78, 5) is 23.0. The molecule has 0 spiro atoms. The molecule has 0 unspecified atom stereocenters. The molecule has 0 heterocycles. The summed E-state index contributed by atoms with van der Waals surface area (Å²) >= 11 is 0. The molecule has 7 nitrogen and oxygen atoms in total. The first kappa shape index (κ1) is 26.6. The van der Waals surface area contributed by atoms with Crippen molar-refractivity contribution >= 4 is 22.0 Å². The minimum atomic E-state index is -4.54. The lowest BCUT2D eigenvalue weighted by Crippen LogP contribution is -2.44. The molecule has 0 aromatic rings. The fourth-order valence-electron chi connectivity index (χ4n) is 3.49. The maximum atomic E-state index is 11.9. The van der Waals surface area contributed by atoms with Crippen LogP contribution in [0.25, 0.3) is 0 Å². The minimum absolute atomic E-state index is 0.171. The number of aliphatic carboxylic acids is 1. The van der Waals surface area contributed by atoms with Crippen LogP contribution < -0.4 is 5.32 Å². The van der Waals surface area contributed by atoms with Crippen LogP contribution >= 0.6 is 0 Å². The lowest BCUT2D eigenvalue weighted by Gasteiger charge is -2.32. The van der Waals surface area contributed by atoms with Crippen LogP contribution in [0.4, 0.5) is 0 Å². The molecule has 1 atom stereocenters. The Morgan fingerprint density at radius 2 is 1.84 bits per heavy atom. The maximum absolute atomic E-state index is 11.9. The summed E-state index contributed by atoms with van der Waals surface area (Å²) in [7, 11) is -4.54. The van der Waals surface area contributed by atoms with Crippen molar-refractivity contribution in [2.75, 3.05) is 5.75 Å². The normalized spacial score (nSPS) is 19.2. The van der Waals surface area contributed by atoms with E-state index in [0.29, 0.717) is 5.57 Å². The van der Waals surface area contributed by atoms with Crippen molar-refractivity contribution in [3.63, 3.8) is 0 Å². The van der Waals surface area contributed by atoms with E-state index >= 15 is 0 Å². The second kappa shape index (κ2) is 11.2. The van der Waals surface area contributed by atoms with Gasteiger partial charge in [-0.1, -0.05) is 55.4 Å². The molecular formula is C23H33NO6S. The molecule has 1 rings (SSSR count). The maximum Gasteiger partial charge on any atom is 0.327 e. The monoisotopic (exact) mass is 451 g/mol. The van der Waals surface area contributed by atoms with E-state index in [0.717, 1.165) is 18.1 Å². The number of carboxylic acid groups (broad SMARTS) is 1. The zero-order valence-corrected chi connectivity index (χ0v) is 19.6. The van der Waals surface area contributed by atoms with Gasteiger partial charge in [-0.2, -0.15) is 8.42 Å². The van der Waals surface area contributed by atoms with Gasteiger partial charge in [-0.15, -0.1) is 0 Å². The topological polar surface area (TPSA) is 121 Å². The first-order valence-electron chi connectivity index (χ1n) is 10.1. The highest BCUT2D eigenvalue weighted by Crippen LogP contribution is 2.40. The van der Waals surface area contributed by atoms with E-state index in [-0.39, 0.29) is 5.41 Å². The first-order chi connectivity index (χ1) is 14.2. The first-order valence-corrected chi connectivity index (χ1v) is 11.7. The summed E-state index contributed by atoms with van der Waals surface area (Å²) in [5.74, 6) is -3.41. The van der Waals surface area contributed by atoms with Gasteiger partial charge in [0.05, 0.1) is 0 Å². The number of carboxylic acids is 1. The highest BCUT2D eigenvalue weighted by atomic mass is 32.2. The Balaban J connectivity index is 2.77. The molecule has 0 aromatic heterocycles. The Labute approximate surface area is 185 Å². The van der Waals surface area contributed by atoms with Crippen molar-refractivity contribution < 1.29 is 27.7 Å². The van der Waals surface area contributed by atoms with Crippen LogP contribution in [0, 0.1) is 5.41 Å². The number of amides is 1. The van der Waals surface area contributed by atoms with E-state index in [1.165, 1.54) is 24.0 Å². The van der Waals surface area contributed by atoms with Gasteiger partial charge >= 0.3 is 5.97 Å². The summed E-state index contributed by atoms with van der Waals surface area (Å²) in [6.07, 6.45) is 14.3. The molecule has 0 radical (unpaired) electrons. The summed E-state index contributed by atoms with van der Waals surface area (Å²) in [6, 6.07) is -1.73. The van der Waals surface area contributed by atoms with Gasteiger partial charge < -0.3 is 10.4 Å². The zero-order valence-electron chi connectivity index (χ0n) is 18.8. The van der Waals surface area contributed by atoms with Gasteiger partial charge in [0.1, 0.15) is 11.8 Å². The SMILES string of the molecule is CC1=C(/C=C/C(C)=C/C=C/C(C)=C\C(=O)N[C@@H](CS(=O)(=O)O)C(=O)O)C(C)(C)CCC1. The van der Waals surface area contributed by atoms with Gasteiger partial charge in [0, 0.05) is 6.08 Å². The van der Waals surface area contributed by atoms with Crippen molar-refractivity contribution in [3.05, 3.63) is 58.7 Å². The molecule has 8 heteroatoms. The molecule has 0 aromatic carbocycles. The number of hydrogen-bond donors (Lipinski definition) is 3. The van der Waals surface area contributed by atoms with E-state index in [1.54, 1.807) is 19.1 Å². The largest absolute Gasteiger partial charge is 0.480 e. The molecule has 31 heavy (non-hydrogen) atoms. The predicted octanol–water partition coefficient (Wildman–Crippen LogP) is 3.98. The minimum Gasteiger partial charge on any atom is -0.480 e. The molecule has 0 saturated heterocycles. The summed E-state index contributed by atoms with van der Waals surface area (Å²) in [5.41, 5.74) is 4.56. The quantitative estimate of drug-likeness (QED) is 0.277. The van der Waals surface area contributed by atoms with Crippen molar-refractivity contribution in [2.45, 2.75) is 59.9 Å². The summed E-state index contributed by atoms with van der Waals surface area (Å²) < 4.78 is 30.5. The standard InChI is InChI=1S/C23H33NO6S/c1-16(11-12-19-18(3)10-7-13-23(19,4)5)8-6-9-17(2)14-21(25)24-20(22(26)27)15-31(28,29)30/h6,8-9,11-12,14,20H,7,10,13,15H2,1-5H3,(H,24,25)(H,26,27)(H,28,29,30)/b9-6+,12-11+,16-8+,17-14-/t20-/m0/s1. The van der Waals surface area contributed by atoms with Gasteiger partial charge in [-0.25, -0.2) is 4.79 Å². The molecule has 0 fully saturated rings. The van der Waals surface area contributed by atoms with Crippen LogP contribution in [0.15, 0.2) is 58.7 Å². The highest BCUT2D eigenvalue weighted by molar-refractivity contribution is 7.85. The Bertz CT molecular complexity index is 949. The van der Waals surface area contributed by atoms with Crippen molar-refractivity contribution in [3.8, 4) is 0 Å². The van der Waals surface area contributed by atoms with Crippen LogP contribution in [0.1, 0.15) is 53.9 Å². The summed E-state index contributed by atoms with van der Waals surface area (Å²) in [6.45, 7) is 10.3. The average Bonchev–Trinajstić information content (AvgIpc) is 2.58. The number of rotatable bonds is 9. The molecule has 1 aliphatic carbocycles. The van der Waals surface area contributed by atoms with Gasteiger partial charge in [0.15, 0.2) is 0 Å². The Hall–Kier alpha value is -2.45. The fraction of sp³-hybridized carbons (Fsp3) is 0.478. The van der Waals surface area contributed by atoms with Crippen molar-refractivity contribution in [1.29, 1.82) is 0 Å². The van der Waals surface area contributed by atoms with Crippen LogP contribution in [-0.2, 0) is 19.7 Å². The molecule has 0 aliphatic heterocycles.